The Balaban J connectivity index is 1.47. The van der Waals surface area contributed by atoms with Gasteiger partial charge in [0.05, 0.1) is 12.0 Å². The van der Waals surface area contributed by atoms with Gasteiger partial charge in [0.25, 0.3) is 10.0 Å². The molecule has 0 bridgehead atoms. The Hall–Kier alpha value is -4.11. The molecule has 0 radical (unpaired) electrons. The number of nitrogens with zero attached hydrogens (tertiary/aromatic N) is 2. The summed E-state index contributed by atoms with van der Waals surface area (Å²) < 4.78 is 33.5. The topological polar surface area (TPSA) is 105 Å². The fourth-order valence-corrected chi connectivity index (χ4v) is 4.86. The molecule has 1 heterocycles. The van der Waals surface area contributed by atoms with Crippen LogP contribution < -0.4 is 20.1 Å². The highest BCUT2D eigenvalue weighted by atomic mass is 32.2. The molecular formula is C26H27N5O3S. The highest BCUT2D eigenvalue weighted by Gasteiger charge is 2.17. The van der Waals surface area contributed by atoms with Gasteiger partial charge in [0, 0.05) is 28.8 Å². The van der Waals surface area contributed by atoms with E-state index >= 15 is 0 Å². The van der Waals surface area contributed by atoms with Gasteiger partial charge in [-0.3, -0.25) is 4.72 Å². The van der Waals surface area contributed by atoms with Crippen molar-refractivity contribution in [1.82, 2.24) is 9.97 Å². The summed E-state index contributed by atoms with van der Waals surface area (Å²) in [5, 5.41) is 6.43. The monoisotopic (exact) mass is 489 g/mol. The highest BCUT2D eigenvalue weighted by Crippen LogP contribution is 2.24. The van der Waals surface area contributed by atoms with Gasteiger partial charge in [-0.05, 0) is 86.5 Å². The van der Waals surface area contributed by atoms with Crippen LogP contribution >= 0.6 is 0 Å². The number of ether oxygens (including phenoxy) is 1. The maximum atomic E-state index is 12.9. The molecule has 0 amide bonds. The van der Waals surface area contributed by atoms with Crippen LogP contribution in [0.25, 0.3) is 0 Å². The van der Waals surface area contributed by atoms with Crippen LogP contribution in [-0.4, -0.2) is 25.5 Å². The van der Waals surface area contributed by atoms with Crippen molar-refractivity contribution in [3.8, 4) is 5.75 Å². The minimum atomic E-state index is -3.69. The molecule has 3 N–H and O–H groups in total. The Bertz CT molecular complexity index is 1440. The van der Waals surface area contributed by atoms with E-state index in [0.29, 0.717) is 23.0 Å². The van der Waals surface area contributed by atoms with E-state index in [2.05, 4.69) is 25.3 Å². The number of rotatable bonds is 8. The van der Waals surface area contributed by atoms with Crippen molar-refractivity contribution in [3.63, 3.8) is 0 Å². The van der Waals surface area contributed by atoms with Crippen molar-refractivity contribution >= 4 is 38.9 Å². The van der Waals surface area contributed by atoms with E-state index in [9.17, 15) is 8.42 Å². The third-order valence-electron chi connectivity index (χ3n) is 5.24. The number of methoxy groups -OCH3 is 1. The predicted octanol–water partition coefficient (Wildman–Crippen LogP) is 5.70. The zero-order valence-corrected chi connectivity index (χ0v) is 20.8. The van der Waals surface area contributed by atoms with Crippen molar-refractivity contribution in [2.45, 2.75) is 25.7 Å². The minimum Gasteiger partial charge on any atom is -0.497 e. The Kier molecular flexibility index (Phi) is 6.88. The van der Waals surface area contributed by atoms with E-state index in [1.165, 1.54) is 0 Å². The molecule has 35 heavy (non-hydrogen) atoms. The van der Waals surface area contributed by atoms with E-state index in [4.69, 9.17) is 4.74 Å². The van der Waals surface area contributed by atoms with Gasteiger partial charge in [-0.15, -0.1) is 0 Å². The lowest BCUT2D eigenvalue weighted by molar-refractivity contribution is 0.415. The lowest BCUT2D eigenvalue weighted by atomic mass is 10.2. The Morgan fingerprint density at radius 1 is 0.743 bits per heavy atom. The normalized spacial score (nSPS) is 11.1. The molecule has 0 spiro atoms. The van der Waals surface area contributed by atoms with Crippen LogP contribution in [0.3, 0.4) is 0 Å². The summed E-state index contributed by atoms with van der Waals surface area (Å²) in [5.41, 5.74) is 4.42. The summed E-state index contributed by atoms with van der Waals surface area (Å²) >= 11 is 0. The third-order valence-corrected chi connectivity index (χ3v) is 6.77. The average molecular weight is 490 g/mol. The van der Waals surface area contributed by atoms with Gasteiger partial charge in [-0.2, -0.15) is 4.98 Å². The SMILES string of the molecule is COc1ccc(Nc2cc(C)nc(Nc3ccc(NS(=O)(=O)c4cc(C)ccc4C)cc3)n2)cc1. The van der Waals surface area contributed by atoms with E-state index in [0.717, 1.165) is 28.4 Å². The van der Waals surface area contributed by atoms with E-state index in [1.54, 1.807) is 50.4 Å². The van der Waals surface area contributed by atoms with E-state index < -0.39 is 10.0 Å². The molecule has 0 unspecified atom stereocenters. The first-order valence-corrected chi connectivity index (χ1v) is 12.4. The lowest BCUT2D eigenvalue weighted by Crippen LogP contribution is -2.14. The third kappa shape index (κ3) is 6.07. The zero-order chi connectivity index (χ0) is 25.0. The lowest BCUT2D eigenvalue weighted by Gasteiger charge is -2.13. The predicted molar refractivity (Wildman–Crippen MR) is 139 cm³/mol. The minimum absolute atomic E-state index is 0.268. The van der Waals surface area contributed by atoms with Gasteiger partial charge >= 0.3 is 0 Å². The van der Waals surface area contributed by atoms with Crippen molar-refractivity contribution in [2.24, 2.45) is 0 Å². The fraction of sp³-hybridized carbons (Fsp3) is 0.154. The summed E-state index contributed by atoms with van der Waals surface area (Å²) in [5.74, 6) is 1.84. The number of hydrogen-bond acceptors (Lipinski definition) is 7. The molecule has 180 valence electrons. The van der Waals surface area contributed by atoms with Crippen molar-refractivity contribution in [2.75, 3.05) is 22.5 Å². The number of benzene rings is 3. The quantitative estimate of drug-likeness (QED) is 0.292. The smallest absolute Gasteiger partial charge is 0.262 e. The number of nitrogens with one attached hydrogen (secondary N) is 3. The number of aromatic nitrogens is 2. The molecule has 0 atom stereocenters. The molecule has 4 aromatic rings. The van der Waals surface area contributed by atoms with Crippen LogP contribution in [0.1, 0.15) is 16.8 Å². The maximum Gasteiger partial charge on any atom is 0.262 e. The Morgan fingerprint density at radius 3 is 2.06 bits per heavy atom. The van der Waals surface area contributed by atoms with Gasteiger partial charge < -0.3 is 15.4 Å². The van der Waals surface area contributed by atoms with Crippen LogP contribution in [-0.2, 0) is 10.0 Å². The van der Waals surface area contributed by atoms with Crippen LogP contribution in [0.2, 0.25) is 0 Å². The molecule has 0 saturated carbocycles. The summed E-state index contributed by atoms with van der Waals surface area (Å²) in [6.45, 7) is 5.53. The number of hydrogen-bond donors (Lipinski definition) is 3. The molecule has 3 aromatic carbocycles. The average Bonchev–Trinajstić information content (AvgIpc) is 2.82. The molecule has 9 heteroatoms. The second-order valence-corrected chi connectivity index (χ2v) is 9.80. The molecule has 0 saturated heterocycles. The van der Waals surface area contributed by atoms with E-state index in [-0.39, 0.29) is 4.90 Å². The van der Waals surface area contributed by atoms with Gasteiger partial charge in [0.15, 0.2) is 0 Å². The maximum absolute atomic E-state index is 12.9. The van der Waals surface area contributed by atoms with Crippen molar-refractivity contribution in [1.29, 1.82) is 0 Å². The molecule has 4 rings (SSSR count). The first-order chi connectivity index (χ1) is 16.7. The Labute approximate surface area is 205 Å². The van der Waals surface area contributed by atoms with Gasteiger partial charge in [-0.25, -0.2) is 13.4 Å². The summed E-state index contributed by atoms with van der Waals surface area (Å²) in [6, 6.07) is 21.7. The summed E-state index contributed by atoms with van der Waals surface area (Å²) in [4.78, 5) is 9.24. The number of sulfonamides is 1. The van der Waals surface area contributed by atoms with Gasteiger partial charge in [0.1, 0.15) is 11.6 Å². The zero-order valence-electron chi connectivity index (χ0n) is 20.0. The Morgan fingerprint density at radius 2 is 1.37 bits per heavy atom. The standard InChI is InChI=1S/C26H27N5O3S/c1-17-5-6-18(2)24(15-17)35(32,33)31-22-9-7-21(8-10-22)29-26-27-19(3)16-25(30-26)28-20-11-13-23(34-4)14-12-20/h5-16,31H,1-4H3,(H2,27,28,29,30). The van der Waals surface area contributed by atoms with Crippen LogP contribution in [0, 0.1) is 20.8 Å². The molecule has 0 aliphatic rings. The van der Waals surface area contributed by atoms with Crippen molar-refractivity contribution < 1.29 is 13.2 Å². The first kappa shape index (κ1) is 24.0. The molecule has 0 aliphatic carbocycles. The second kappa shape index (κ2) is 10.0. The van der Waals surface area contributed by atoms with Crippen LogP contribution in [0.4, 0.5) is 28.8 Å². The van der Waals surface area contributed by atoms with E-state index in [1.807, 2.05) is 50.2 Å². The van der Waals surface area contributed by atoms with Crippen molar-refractivity contribution in [3.05, 3.63) is 89.6 Å². The van der Waals surface area contributed by atoms with Crippen LogP contribution in [0.5, 0.6) is 5.75 Å². The summed E-state index contributed by atoms with van der Waals surface area (Å²) in [7, 11) is -2.07. The molecule has 0 fully saturated rings. The first-order valence-electron chi connectivity index (χ1n) is 11.0. The molecular weight excluding hydrogens is 462 g/mol. The highest BCUT2D eigenvalue weighted by molar-refractivity contribution is 7.92. The largest absolute Gasteiger partial charge is 0.497 e. The fourth-order valence-electron chi connectivity index (χ4n) is 3.47. The van der Waals surface area contributed by atoms with Gasteiger partial charge in [0.2, 0.25) is 5.95 Å². The molecule has 1 aromatic heterocycles. The second-order valence-electron chi connectivity index (χ2n) is 8.15. The molecule has 8 nitrogen and oxygen atoms in total. The summed E-state index contributed by atoms with van der Waals surface area (Å²) in [6.07, 6.45) is 0. The molecule has 0 aliphatic heterocycles. The van der Waals surface area contributed by atoms with Gasteiger partial charge in [-0.1, -0.05) is 12.1 Å². The number of aryl methyl sites for hydroxylation is 3. The number of anilines is 5. The van der Waals surface area contributed by atoms with Crippen LogP contribution in [0.15, 0.2) is 77.7 Å².